The van der Waals surface area contributed by atoms with Gasteiger partial charge in [-0.15, -0.1) is 0 Å². The fraction of sp³-hybridized carbons (Fsp3) is 0.312. The molecule has 126 valence electrons. The smallest absolute Gasteiger partial charge is 0.384 e. The molecule has 0 aromatic heterocycles. The summed E-state index contributed by atoms with van der Waals surface area (Å²) in [7, 11) is 0. The number of allylic oxidation sites excluding steroid dienone is 2. The molecule has 0 aliphatic rings. The van der Waals surface area contributed by atoms with E-state index in [9.17, 15) is 17.6 Å². The van der Waals surface area contributed by atoms with E-state index in [1.54, 1.807) is 26.8 Å². The number of hydrogen-bond acceptors (Lipinski definition) is 2. The summed E-state index contributed by atoms with van der Waals surface area (Å²) in [5, 5.41) is 2.66. The number of anilines is 1. The number of rotatable bonds is 3. The first-order valence-corrected chi connectivity index (χ1v) is 6.81. The van der Waals surface area contributed by atoms with E-state index in [1.165, 1.54) is 12.1 Å². The molecule has 0 heterocycles. The van der Waals surface area contributed by atoms with Crippen LogP contribution in [0.1, 0.15) is 26.3 Å². The van der Waals surface area contributed by atoms with Crippen LogP contribution in [0.4, 0.5) is 23.2 Å². The zero-order chi connectivity index (χ0) is 17.8. The second-order valence-electron chi connectivity index (χ2n) is 5.30. The van der Waals surface area contributed by atoms with E-state index in [1.807, 2.05) is 0 Å². The Balaban J connectivity index is 3.25. The van der Waals surface area contributed by atoms with Crippen molar-refractivity contribution in [3.8, 4) is 0 Å². The number of nitrogens with one attached hydrogen (secondary N) is 1. The maximum atomic E-state index is 13.6. The Kier molecular flexibility index (Phi) is 5.95. The predicted octanol–water partition coefficient (Wildman–Crippen LogP) is 4.66. The molecule has 0 amide bonds. The van der Waals surface area contributed by atoms with Crippen molar-refractivity contribution >= 4 is 11.5 Å². The monoisotopic (exact) mass is 329 g/mol. The molecule has 0 bridgehead atoms. The van der Waals surface area contributed by atoms with E-state index >= 15 is 0 Å². The Labute approximate surface area is 132 Å². The Morgan fingerprint density at radius 1 is 1.22 bits per heavy atom. The van der Waals surface area contributed by atoms with Crippen LogP contribution in [0.2, 0.25) is 0 Å². The van der Waals surface area contributed by atoms with Gasteiger partial charge in [-0.2, -0.15) is 13.2 Å². The molecule has 3 N–H and O–H groups in total. The lowest BCUT2D eigenvalue weighted by Crippen LogP contribution is -2.17. The third-order valence-corrected chi connectivity index (χ3v) is 3.00. The van der Waals surface area contributed by atoms with Crippen molar-refractivity contribution in [1.82, 2.24) is 0 Å². The van der Waals surface area contributed by atoms with Gasteiger partial charge in [-0.05, 0) is 57.0 Å². The van der Waals surface area contributed by atoms with E-state index in [-0.39, 0.29) is 17.3 Å². The topological polar surface area (TPSA) is 50.4 Å². The first kappa shape index (κ1) is 18.7. The molecule has 0 radical (unpaired) electrons. The molecule has 0 atom stereocenters. The van der Waals surface area contributed by atoms with Crippen molar-refractivity contribution in [3.05, 3.63) is 52.6 Å². The summed E-state index contributed by atoms with van der Waals surface area (Å²) in [6.45, 7) is 5.87. The van der Waals surface area contributed by atoms with Crippen LogP contribution in [-0.4, -0.2) is 12.0 Å². The van der Waals surface area contributed by atoms with Crippen LogP contribution in [0, 0.1) is 12.7 Å². The zero-order valence-electron chi connectivity index (χ0n) is 13.3. The molecule has 1 aromatic carbocycles. The highest BCUT2D eigenvalue weighted by Gasteiger charge is 2.30. The second-order valence-corrected chi connectivity index (χ2v) is 5.30. The van der Waals surface area contributed by atoms with Crippen molar-refractivity contribution in [3.63, 3.8) is 0 Å². The first-order chi connectivity index (χ1) is 10.5. The number of hydrogen-bond donors (Lipinski definition) is 2. The van der Waals surface area contributed by atoms with Gasteiger partial charge in [-0.25, -0.2) is 9.38 Å². The lowest BCUT2D eigenvalue weighted by Gasteiger charge is -2.11. The highest BCUT2D eigenvalue weighted by molar-refractivity contribution is 6.04. The van der Waals surface area contributed by atoms with Gasteiger partial charge in [0, 0.05) is 11.3 Å². The number of benzene rings is 1. The van der Waals surface area contributed by atoms with Crippen LogP contribution in [-0.2, 0) is 0 Å². The summed E-state index contributed by atoms with van der Waals surface area (Å²) in [5.74, 6) is -0.505. The summed E-state index contributed by atoms with van der Waals surface area (Å²) in [6.07, 6.45) is -3.66. The Morgan fingerprint density at radius 2 is 1.83 bits per heavy atom. The van der Waals surface area contributed by atoms with Gasteiger partial charge in [-0.3, -0.25) is 0 Å². The number of nitrogens with zero attached hydrogens (tertiary/aromatic N) is 1. The molecule has 7 heteroatoms. The fourth-order valence-corrected chi connectivity index (χ4v) is 1.44. The molecule has 0 aliphatic carbocycles. The van der Waals surface area contributed by atoms with E-state index in [2.05, 4.69) is 10.3 Å². The predicted molar refractivity (Wildman–Crippen MR) is 84.6 cm³/mol. The number of nitrogens with two attached hydrogens (primary N) is 1. The number of aryl methyl sites for hydroxylation is 1. The first-order valence-electron chi connectivity index (χ1n) is 6.81. The van der Waals surface area contributed by atoms with Gasteiger partial charge in [0.1, 0.15) is 17.5 Å². The van der Waals surface area contributed by atoms with Crippen LogP contribution in [0.5, 0.6) is 0 Å². The summed E-state index contributed by atoms with van der Waals surface area (Å²) in [5.41, 5.74) is 6.19. The SMILES string of the molecule is CC(C)=C(N)/N=C(\C=C(/C)C(F)(F)F)Nc1ccc(C)c(F)c1. The van der Waals surface area contributed by atoms with Crippen LogP contribution in [0.25, 0.3) is 0 Å². The zero-order valence-corrected chi connectivity index (χ0v) is 13.3. The van der Waals surface area contributed by atoms with Gasteiger partial charge in [0.25, 0.3) is 0 Å². The molecule has 3 nitrogen and oxygen atoms in total. The van der Waals surface area contributed by atoms with Crippen molar-refractivity contribution in [2.45, 2.75) is 33.9 Å². The van der Waals surface area contributed by atoms with E-state index in [4.69, 9.17) is 5.73 Å². The van der Waals surface area contributed by atoms with E-state index in [0.29, 0.717) is 11.1 Å². The lowest BCUT2D eigenvalue weighted by molar-refractivity contribution is -0.0912. The summed E-state index contributed by atoms with van der Waals surface area (Å²) >= 11 is 0. The third-order valence-electron chi connectivity index (χ3n) is 3.00. The number of alkyl halides is 3. The minimum atomic E-state index is -4.49. The van der Waals surface area contributed by atoms with Crippen LogP contribution in [0.3, 0.4) is 0 Å². The molecule has 0 saturated carbocycles. The largest absolute Gasteiger partial charge is 0.412 e. The average molecular weight is 329 g/mol. The number of aliphatic imine (C=N–C) groups is 1. The van der Waals surface area contributed by atoms with Crippen molar-refractivity contribution in [2.24, 2.45) is 10.7 Å². The summed E-state index contributed by atoms with van der Waals surface area (Å²) in [6, 6.07) is 4.24. The Morgan fingerprint density at radius 3 is 2.30 bits per heavy atom. The lowest BCUT2D eigenvalue weighted by atomic mass is 10.2. The molecule has 0 spiro atoms. The van der Waals surface area contributed by atoms with Crippen LogP contribution < -0.4 is 11.1 Å². The standard InChI is InChI=1S/C16H19F4N3/c1-9(2)15(21)23-14(7-11(4)16(18,19)20)22-12-6-5-10(3)13(17)8-12/h5-8H,21H2,1-4H3,(H,22,23)/b11-7+. The number of amidine groups is 1. The molecule has 0 saturated heterocycles. The average Bonchev–Trinajstić information content (AvgIpc) is 2.41. The van der Waals surface area contributed by atoms with Crippen LogP contribution >= 0.6 is 0 Å². The molecule has 1 rings (SSSR count). The third kappa shape index (κ3) is 5.77. The van der Waals surface area contributed by atoms with E-state index in [0.717, 1.165) is 13.0 Å². The summed E-state index contributed by atoms with van der Waals surface area (Å²) in [4.78, 5) is 3.94. The molecular weight excluding hydrogens is 310 g/mol. The van der Waals surface area contributed by atoms with Gasteiger partial charge in [0.15, 0.2) is 0 Å². The van der Waals surface area contributed by atoms with Gasteiger partial charge >= 0.3 is 6.18 Å². The van der Waals surface area contributed by atoms with Crippen LogP contribution in [0.15, 0.2) is 46.2 Å². The number of halogens is 4. The Hall–Kier alpha value is -2.31. The highest BCUT2D eigenvalue weighted by Crippen LogP contribution is 2.25. The van der Waals surface area contributed by atoms with E-state index < -0.39 is 17.6 Å². The molecule has 23 heavy (non-hydrogen) atoms. The van der Waals surface area contributed by atoms with Gasteiger partial charge < -0.3 is 11.1 Å². The fourth-order valence-electron chi connectivity index (χ4n) is 1.44. The normalized spacial score (nSPS) is 13.0. The van der Waals surface area contributed by atoms with Crippen molar-refractivity contribution in [2.75, 3.05) is 5.32 Å². The molecule has 0 unspecified atom stereocenters. The molecular formula is C16H19F4N3. The van der Waals surface area contributed by atoms with Gasteiger partial charge in [0.2, 0.25) is 0 Å². The van der Waals surface area contributed by atoms with Crippen molar-refractivity contribution in [1.29, 1.82) is 0 Å². The van der Waals surface area contributed by atoms with Gasteiger partial charge in [0.05, 0.1) is 0 Å². The summed E-state index contributed by atoms with van der Waals surface area (Å²) < 4.78 is 51.7. The molecule has 0 aliphatic heterocycles. The molecule has 1 aromatic rings. The maximum Gasteiger partial charge on any atom is 0.412 e. The quantitative estimate of drug-likeness (QED) is 0.481. The maximum absolute atomic E-state index is 13.6. The minimum Gasteiger partial charge on any atom is -0.384 e. The second kappa shape index (κ2) is 7.30. The minimum absolute atomic E-state index is 0.0892. The van der Waals surface area contributed by atoms with Gasteiger partial charge in [-0.1, -0.05) is 6.07 Å². The Bertz CT molecular complexity index is 666. The highest BCUT2D eigenvalue weighted by atomic mass is 19.4. The molecule has 0 fully saturated rings. The van der Waals surface area contributed by atoms with Crippen molar-refractivity contribution < 1.29 is 17.6 Å².